The van der Waals surface area contributed by atoms with Crippen molar-refractivity contribution < 1.29 is 4.39 Å². The average Bonchev–Trinajstić information content (AvgIpc) is 2.61. The Morgan fingerprint density at radius 2 is 2.15 bits per heavy atom. The molecule has 0 aliphatic carbocycles. The van der Waals surface area contributed by atoms with Crippen molar-refractivity contribution in [3.05, 3.63) is 34.6 Å². The third-order valence-electron chi connectivity index (χ3n) is 4.31. The summed E-state index contributed by atoms with van der Waals surface area (Å²) in [5.74, 6) is 0.0443. The summed E-state index contributed by atoms with van der Waals surface area (Å²) < 4.78 is 14.4. The summed E-state index contributed by atoms with van der Waals surface area (Å²) in [6, 6.07) is 5.27. The topological polar surface area (TPSA) is 29.3 Å². The second kappa shape index (κ2) is 6.88. The third-order valence-corrected chi connectivity index (χ3v) is 4.64. The van der Waals surface area contributed by atoms with Crippen LogP contribution >= 0.6 is 11.6 Å². The lowest BCUT2D eigenvalue weighted by atomic mass is 9.88. The molecule has 1 aromatic carbocycles. The van der Waals surface area contributed by atoms with Gasteiger partial charge in [-0.1, -0.05) is 24.1 Å². The van der Waals surface area contributed by atoms with Gasteiger partial charge < -0.3 is 5.73 Å². The molecule has 2 unspecified atom stereocenters. The standard InChI is InChI=1S/C16H24ClFN2/c1-11(2)20-9-4-3-6-12(10-19)16(20)15-13(17)7-5-8-14(15)18/h5,7-8,11-12,16H,3-4,6,9-10,19H2,1-2H3. The molecular weight excluding hydrogens is 275 g/mol. The number of hydrogen-bond donors (Lipinski definition) is 1. The maximum atomic E-state index is 14.4. The van der Waals surface area contributed by atoms with Gasteiger partial charge in [0.05, 0.1) is 0 Å². The van der Waals surface area contributed by atoms with Gasteiger partial charge in [-0.05, 0) is 57.8 Å². The van der Waals surface area contributed by atoms with E-state index in [1.165, 1.54) is 6.07 Å². The van der Waals surface area contributed by atoms with E-state index in [-0.39, 0.29) is 17.8 Å². The first-order chi connectivity index (χ1) is 9.56. The Labute approximate surface area is 126 Å². The first-order valence-electron chi connectivity index (χ1n) is 7.46. The van der Waals surface area contributed by atoms with E-state index in [1.807, 2.05) is 0 Å². The summed E-state index contributed by atoms with van der Waals surface area (Å²) in [6.45, 7) is 5.85. The Morgan fingerprint density at radius 1 is 1.40 bits per heavy atom. The fourth-order valence-electron chi connectivity index (χ4n) is 3.29. The Kier molecular flexibility index (Phi) is 5.42. The van der Waals surface area contributed by atoms with Crippen LogP contribution in [0, 0.1) is 11.7 Å². The highest BCUT2D eigenvalue weighted by atomic mass is 35.5. The molecule has 0 spiro atoms. The molecule has 20 heavy (non-hydrogen) atoms. The van der Waals surface area contributed by atoms with Crippen LogP contribution in [0.5, 0.6) is 0 Å². The molecular formula is C16H24ClFN2. The molecule has 112 valence electrons. The maximum Gasteiger partial charge on any atom is 0.129 e. The molecule has 0 amide bonds. The van der Waals surface area contributed by atoms with E-state index >= 15 is 0 Å². The molecule has 2 atom stereocenters. The second-order valence-electron chi connectivity index (χ2n) is 5.90. The van der Waals surface area contributed by atoms with E-state index in [1.54, 1.807) is 12.1 Å². The third kappa shape index (κ3) is 3.16. The largest absolute Gasteiger partial charge is 0.330 e. The van der Waals surface area contributed by atoms with Crippen LogP contribution in [-0.2, 0) is 0 Å². The van der Waals surface area contributed by atoms with Gasteiger partial charge in [-0.2, -0.15) is 0 Å². The summed E-state index contributed by atoms with van der Waals surface area (Å²) in [7, 11) is 0. The van der Waals surface area contributed by atoms with Crippen LogP contribution in [0.2, 0.25) is 5.02 Å². The SMILES string of the molecule is CC(C)N1CCCCC(CN)C1c1c(F)cccc1Cl. The lowest BCUT2D eigenvalue weighted by Crippen LogP contribution is -2.40. The van der Waals surface area contributed by atoms with Gasteiger partial charge in [-0.3, -0.25) is 4.90 Å². The Balaban J connectivity index is 2.49. The molecule has 2 N–H and O–H groups in total. The van der Waals surface area contributed by atoms with Crippen molar-refractivity contribution in [3.63, 3.8) is 0 Å². The minimum absolute atomic E-state index is 0.0174. The number of hydrogen-bond acceptors (Lipinski definition) is 2. The zero-order chi connectivity index (χ0) is 14.7. The number of halogens is 2. The van der Waals surface area contributed by atoms with Crippen molar-refractivity contribution in [3.8, 4) is 0 Å². The number of nitrogens with two attached hydrogens (primary N) is 1. The zero-order valence-corrected chi connectivity index (χ0v) is 13.0. The van der Waals surface area contributed by atoms with Crippen LogP contribution in [0.1, 0.15) is 44.7 Å². The fraction of sp³-hybridized carbons (Fsp3) is 0.625. The van der Waals surface area contributed by atoms with Crippen molar-refractivity contribution >= 4 is 11.6 Å². The number of rotatable bonds is 3. The number of likely N-dealkylation sites (tertiary alicyclic amines) is 1. The van der Waals surface area contributed by atoms with Crippen molar-refractivity contribution in [2.75, 3.05) is 13.1 Å². The average molecular weight is 299 g/mol. The van der Waals surface area contributed by atoms with E-state index in [9.17, 15) is 4.39 Å². The molecule has 1 aromatic rings. The fourth-order valence-corrected chi connectivity index (χ4v) is 3.56. The highest BCUT2D eigenvalue weighted by Gasteiger charge is 2.34. The van der Waals surface area contributed by atoms with Gasteiger partial charge in [0.15, 0.2) is 0 Å². The number of nitrogens with zero attached hydrogens (tertiary/aromatic N) is 1. The smallest absolute Gasteiger partial charge is 0.129 e. The highest BCUT2D eigenvalue weighted by Crippen LogP contribution is 2.40. The summed E-state index contributed by atoms with van der Waals surface area (Å²) in [5.41, 5.74) is 6.60. The minimum atomic E-state index is -0.214. The molecule has 4 heteroatoms. The van der Waals surface area contributed by atoms with Crippen LogP contribution in [-0.4, -0.2) is 24.0 Å². The van der Waals surface area contributed by atoms with E-state index in [2.05, 4.69) is 18.7 Å². The van der Waals surface area contributed by atoms with Gasteiger partial charge in [-0.15, -0.1) is 0 Å². The summed E-state index contributed by atoms with van der Waals surface area (Å²) in [5, 5.41) is 0.515. The van der Waals surface area contributed by atoms with Gasteiger partial charge >= 0.3 is 0 Å². The van der Waals surface area contributed by atoms with Crippen LogP contribution in [0.4, 0.5) is 4.39 Å². The molecule has 0 bridgehead atoms. The molecule has 0 saturated carbocycles. The Morgan fingerprint density at radius 3 is 2.75 bits per heavy atom. The first kappa shape index (κ1) is 15.7. The molecule has 1 aliphatic rings. The minimum Gasteiger partial charge on any atom is -0.330 e. The predicted octanol–water partition coefficient (Wildman–Crippen LogP) is 3.99. The predicted molar refractivity (Wildman–Crippen MR) is 82.4 cm³/mol. The van der Waals surface area contributed by atoms with Crippen LogP contribution < -0.4 is 5.73 Å². The van der Waals surface area contributed by atoms with E-state index in [0.717, 1.165) is 25.8 Å². The first-order valence-corrected chi connectivity index (χ1v) is 7.83. The van der Waals surface area contributed by atoms with E-state index in [0.29, 0.717) is 23.2 Å². The van der Waals surface area contributed by atoms with Gasteiger partial charge in [-0.25, -0.2) is 4.39 Å². The van der Waals surface area contributed by atoms with Crippen LogP contribution in [0.25, 0.3) is 0 Å². The summed E-state index contributed by atoms with van der Waals surface area (Å²) in [4.78, 5) is 2.36. The Bertz CT molecular complexity index is 430. The highest BCUT2D eigenvalue weighted by molar-refractivity contribution is 6.31. The molecule has 2 nitrogen and oxygen atoms in total. The second-order valence-corrected chi connectivity index (χ2v) is 6.31. The van der Waals surface area contributed by atoms with E-state index < -0.39 is 0 Å². The van der Waals surface area contributed by atoms with Crippen molar-refractivity contribution in [2.45, 2.75) is 45.2 Å². The maximum absolute atomic E-state index is 14.4. The van der Waals surface area contributed by atoms with Crippen LogP contribution in [0.15, 0.2) is 18.2 Å². The van der Waals surface area contributed by atoms with Crippen LogP contribution in [0.3, 0.4) is 0 Å². The lowest BCUT2D eigenvalue weighted by Gasteiger charge is -2.38. The molecule has 1 saturated heterocycles. The Hall–Kier alpha value is -0.640. The van der Waals surface area contributed by atoms with E-state index in [4.69, 9.17) is 17.3 Å². The van der Waals surface area contributed by atoms with Gasteiger partial charge in [0.1, 0.15) is 5.82 Å². The quantitative estimate of drug-likeness (QED) is 0.914. The molecule has 1 heterocycles. The molecule has 1 aliphatic heterocycles. The molecule has 2 rings (SSSR count). The van der Waals surface area contributed by atoms with Crippen molar-refractivity contribution in [1.29, 1.82) is 0 Å². The normalized spacial score (nSPS) is 24.9. The van der Waals surface area contributed by atoms with Crippen molar-refractivity contribution in [1.82, 2.24) is 4.90 Å². The summed E-state index contributed by atoms with van der Waals surface area (Å²) >= 11 is 6.30. The van der Waals surface area contributed by atoms with Gasteiger partial charge in [0, 0.05) is 22.7 Å². The molecule has 0 aromatic heterocycles. The van der Waals surface area contributed by atoms with Gasteiger partial charge in [0.2, 0.25) is 0 Å². The molecule has 0 radical (unpaired) electrons. The zero-order valence-electron chi connectivity index (χ0n) is 12.3. The monoisotopic (exact) mass is 298 g/mol. The van der Waals surface area contributed by atoms with Crippen molar-refractivity contribution in [2.24, 2.45) is 11.7 Å². The number of benzene rings is 1. The summed E-state index contributed by atoms with van der Waals surface area (Å²) in [6.07, 6.45) is 3.32. The molecule has 1 fully saturated rings. The lowest BCUT2D eigenvalue weighted by molar-refractivity contribution is 0.118. The van der Waals surface area contributed by atoms with Gasteiger partial charge in [0.25, 0.3) is 0 Å².